The molecule has 3 N–H and O–H groups in total. The molecule has 0 bridgehead atoms. The number of nitrogens with zero attached hydrogens (tertiary/aromatic N) is 2. The first-order valence-electron chi connectivity index (χ1n) is 7.37. The van der Waals surface area contributed by atoms with Gasteiger partial charge in [0.15, 0.2) is 0 Å². The van der Waals surface area contributed by atoms with Gasteiger partial charge in [0.1, 0.15) is 5.01 Å². The van der Waals surface area contributed by atoms with Gasteiger partial charge in [0.2, 0.25) is 5.91 Å². The number of benzene rings is 1. The van der Waals surface area contributed by atoms with Crippen molar-refractivity contribution in [1.29, 1.82) is 0 Å². The maximum absolute atomic E-state index is 11.1. The lowest BCUT2D eigenvalue weighted by Crippen LogP contribution is -2.35. The Hall–Kier alpha value is -1.76. The van der Waals surface area contributed by atoms with Crippen LogP contribution >= 0.6 is 11.3 Å². The van der Waals surface area contributed by atoms with Crippen molar-refractivity contribution in [3.05, 3.63) is 40.9 Å². The molecule has 0 radical (unpaired) electrons. The van der Waals surface area contributed by atoms with Crippen molar-refractivity contribution in [2.75, 3.05) is 13.1 Å². The summed E-state index contributed by atoms with van der Waals surface area (Å²) in [6, 6.07) is 7.20. The molecule has 3 rings (SSSR count). The molecular weight excluding hydrogens is 298 g/mol. The van der Waals surface area contributed by atoms with Crippen LogP contribution in [-0.2, 0) is 6.54 Å². The minimum absolute atomic E-state index is 0.147. The summed E-state index contributed by atoms with van der Waals surface area (Å²) < 4.78 is 0. The number of amides is 1. The molecule has 1 fully saturated rings. The summed E-state index contributed by atoms with van der Waals surface area (Å²) >= 11 is 1.60. The molecule has 1 amide bonds. The first-order valence-corrected chi connectivity index (χ1v) is 8.25. The summed E-state index contributed by atoms with van der Waals surface area (Å²) in [6.07, 6.45) is 1.53. The summed E-state index contributed by atoms with van der Waals surface area (Å²) in [6.45, 7) is 2.66. The van der Waals surface area contributed by atoms with E-state index < -0.39 is 5.91 Å². The van der Waals surface area contributed by atoms with E-state index in [1.807, 2.05) is 12.1 Å². The second-order valence-corrected chi connectivity index (χ2v) is 6.45. The number of likely N-dealkylation sites (tertiary alicyclic amines) is 1. The number of carbonyl (C=O) groups is 1. The molecule has 5 nitrogen and oxygen atoms in total. The normalized spacial score (nSPS) is 16.8. The highest BCUT2D eigenvalue weighted by Gasteiger charge is 2.18. The van der Waals surface area contributed by atoms with E-state index in [2.05, 4.69) is 15.3 Å². The molecule has 1 aromatic carbocycles. The SMILES string of the molecule is NC(=O)c1ccc(-c2nc(CN3CCC(O)CC3)cs2)cc1. The van der Waals surface area contributed by atoms with E-state index in [0.29, 0.717) is 5.56 Å². The molecule has 1 aliphatic rings. The fourth-order valence-corrected chi connectivity index (χ4v) is 3.41. The van der Waals surface area contributed by atoms with E-state index in [0.717, 1.165) is 48.7 Å². The molecule has 0 aliphatic carbocycles. The third kappa shape index (κ3) is 3.52. The van der Waals surface area contributed by atoms with Gasteiger partial charge in [-0.15, -0.1) is 11.3 Å². The minimum atomic E-state index is -0.418. The Bertz CT molecular complexity index is 646. The van der Waals surface area contributed by atoms with Crippen LogP contribution in [0.5, 0.6) is 0 Å². The van der Waals surface area contributed by atoms with Gasteiger partial charge in [-0.1, -0.05) is 12.1 Å². The van der Waals surface area contributed by atoms with E-state index >= 15 is 0 Å². The second-order valence-electron chi connectivity index (χ2n) is 5.59. The van der Waals surface area contributed by atoms with Crippen molar-refractivity contribution in [2.24, 2.45) is 5.73 Å². The number of nitrogens with two attached hydrogens (primary N) is 1. The zero-order valence-corrected chi connectivity index (χ0v) is 13.1. The van der Waals surface area contributed by atoms with E-state index in [-0.39, 0.29) is 6.10 Å². The van der Waals surface area contributed by atoms with Crippen LogP contribution in [-0.4, -0.2) is 40.1 Å². The van der Waals surface area contributed by atoms with Crippen molar-refractivity contribution in [1.82, 2.24) is 9.88 Å². The molecule has 1 saturated heterocycles. The molecule has 1 aromatic heterocycles. The number of thiazole rings is 1. The maximum atomic E-state index is 11.1. The predicted octanol–water partition coefficient (Wildman–Crippen LogP) is 1.87. The fourth-order valence-electron chi connectivity index (χ4n) is 2.60. The Morgan fingerprint density at radius 2 is 2.00 bits per heavy atom. The Kier molecular flexibility index (Phi) is 4.52. The number of hydrogen-bond acceptors (Lipinski definition) is 5. The number of aliphatic hydroxyl groups is 1. The number of rotatable bonds is 4. The highest BCUT2D eigenvalue weighted by Crippen LogP contribution is 2.25. The molecule has 0 atom stereocenters. The van der Waals surface area contributed by atoms with Crippen molar-refractivity contribution in [3.8, 4) is 10.6 Å². The van der Waals surface area contributed by atoms with Crippen molar-refractivity contribution < 1.29 is 9.90 Å². The summed E-state index contributed by atoms with van der Waals surface area (Å²) in [4.78, 5) is 18.1. The number of carbonyl (C=O) groups excluding carboxylic acids is 1. The molecule has 0 spiro atoms. The van der Waals surface area contributed by atoms with Crippen LogP contribution in [0.4, 0.5) is 0 Å². The van der Waals surface area contributed by atoms with E-state index in [1.165, 1.54) is 0 Å². The lowest BCUT2D eigenvalue weighted by molar-refractivity contribution is 0.0787. The third-order valence-electron chi connectivity index (χ3n) is 3.91. The quantitative estimate of drug-likeness (QED) is 0.902. The highest BCUT2D eigenvalue weighted by molar-refractivity contribution is 7.13. The first kappa shape index (κ1) is 15.1. The van der Waals surface area contributed by atoms with Gasteiger partial charge in [0, 0.05) is 36.1 Å². The standard InChI is InChI=1S/C16H19N3O2S/c17-15(21)11-1-3-12(4-2-11)16-18-13(10-22-16)9-19-7-5-14(20)6-8-19/h1-4,10,14,20H,5-9H2,(H2,17,21). The second kappa shape index (κ2) is 6.56. The Balaban J connectivity index is 1.66. The molecule has 6 heteroatoms. The summed E-state index contributed by atoms with van der Waals surface area (Å²) in [5, 5.41) is 12.6. The van der Waals surface area contributed by atoms with Gasteiger partial charge >= 0.3 is 0 Å². The lowest BCUT2D eigenvalue weighted by Gasteiger charge is -2.28. The number of hydrogen-bond donors (Lipinski definition) is 2. The molecule has 2 aromatic rings. The smallest absolute Gasteiger partial charge is 0.248 e. The average Bonchev–Trinajstić information content (AvgIpc) is 2.98. The van der Waals surface area contributed by atoms with E-state index in [1.54, 1.807) is 23.5 Å². The van der Waals surface area contributed by atoms with Gasteiger partial charge in [-0.2, -0.15) is 0 Å². The van der Waals surface area contributed by atoms with Gasteiger partial charge in [-0.05, 0) is 25.0 Å². The predicted molar refractivity (Wildman–Crippen MR) is 86.6 cm³/mol. The van der Waals surface area contributed by atoms with Crippen LogP contribution in [0.1, 0.15) is 28.9 Å². The van der Waals surface area contributed by atoms with E-state index in [9.17, 15) is 9.90 Å². The molecule has 2 heterocycles. The summed E-state index contributed by atoms with van der Waals surface area (Å²) in [5.41, 5.74) is 7.80. The van der Waals surface area contributed by atoms with Crippen molar-refractivity contribution in [2.45, 2.75) is 25.5 Å². The monoisotopic (exact) mass is 317 g/mol. The van der Waals surface area contributed by atoms with Crippen LogP contribution in [0.3, 0.4) is 0 Å². The average molecular weight is 317 g/mol. The van der Waals surface area contributed by atoms with Crippen LogP contribution in [0.25, 0.3) is 10.6 Å². The van der Waals surface area contributed by atoms with Crippen LogP contribution in [0.15, 0.2) is 29.6 Å². The fraction of sp³-hybridized carbons (Fsp3) is 0.375. The zero-order valence-electron chi connectivity index (χ0n) is 12.2. The Morgan fingerprint density at radius 1 is 1.32 bits per heavy atom. The van der Waals surface area contributed by atoms with E-state index in [4.69, 9.17) is 5.73 Å². The highest BCUT2D eigenvalue weighted by atomic mass is 32.1. The molecule has 0 saturated carbocycles. The Morgan fingerprint density at radius 3 is 2.64 bits per heavy atom. The van der Waals surface area contributed by atoms with Crippen LogP contribution in [0, 0.1) is 0 Å². The molecule has 1 aliphatic heterocycles. The third-order valence-corrected chi connectivity index (χ3v) is 4.85. The maximum Gasteiger partial charge on any atom is 0.248 e. The molecular formula is C16H19N3O2S. The largest absolute Gasteiger partial charge is 0.393 e. The number of aromatic nitrogens is 1. The van der Waals surface area contributed by atoms with Crippen molar-refractivity contribution >= 4 is 17.2 Å². The van der Waals surface area contributed by atoms with Crippen LogP contribution in [0.2, 0.25) is 0 Å². The zero-order chi connectivity index (χ0) is 15.5. The summed E-state index contributed by atoms with van der Waals surface area (Å²) in [5.74, 6) is -0.418. The molecule has 116 valence electrons. The molecule has 0 unspecified atom stereocenters. The van der Waals surface area contributed by atoms with Crippen LogP contribution < -0.4 is 5.73 Å². The van der Waals surface area contributed by atoms with Gasteiger partial charge in [-0.3, -0.25) is 9.69 Å². The summed E-state index contributed by atoms with van der Waals surface area (Å²) in [7, 11) is 0. The lowest BCUT2D eigenvalue weighted by atomic mass is 10.1. The van der Waals surface area contributed by atoms with Gasteiger partial charge < -0.3 is 10.8 Å². The van der Waals surface area contributed by atoms with Gasteiger partial charge in [0.05, 0.1) is 11.8 Å². The van der Waals surface area contributed by atoms with Gasteiger partial charge in [-0.25, -0.2) is 4.98 Å². The topological polar surface area (TPSA) is 79.5 Å². The Labute approximate surface area is 133 Å². The van der Waals surface area contributed by atoms with Crippen molar-refractivity contribution in [3.63, 3.8) is 0 Å². The number of primary amides is 1. The minimum Gasteiger partial charge on any atom is -0.393 e. The first-order chi connectivity index (χ1) is 10.6. The van der Waals surface area contributed by atoms with Gasteiger partial charge in [0.25, 0.3) is 0 Å². The number of aliphatic hydroxyl groups excluding tert-OH is 1. The molecule has 22 heavy (non-hydrogen) atoms. The number of piperidine rings is 1.